The summed E-state index contributed by atoms with van der Waals surface area (Å²) in [7, 11) is 0. The maximum absolute atomic E-state index is 5.18. The highest BCUT2D eigenvalue weighted by Crippen LogP contribution is 2.12. The van der Waals surface area contributed by atoms with E-state index in [1.807, 2.05) is 29.7 Å². The summed E-state index contributed by atoms with van der Waals surface area (Å²) in [6.45, 7) is 1.77. The van der Waals surface area contributed by atoms with Crippen LogP contribution >= 0.6 is 11.3 Å². The molecular weight excluding hydrogens is 184 g/mol. The molecule has 2 heterocycles. The standard InChI is InChI=1S/C9H8N2OS/c1-7-10-11-9(12-7)5-4-8-3-2-6-13-8/h2-6H,1H3/b5-4+. The zero-order valence-electron chi connectivity index (χ0n) is 7.10. The van der Waals surface area contributed by atoms with Gasteiger partial charge in [-0.15, -0.1) is 21.5 Å². The number of thiophene rings is 1. The maximum atomic E-state index is 5.18. The van der Waals surface area contributed by atoms with Crippen molar-refractivity contribution in [2.45, 2.75) is 6.92 Å². The van der Waals surface area contributed by atoms with E-state index >= 15 is 0 Å². The number of aromatic nitrogens is 2. The SMILES string of the molecule is Cc1nnc(/C=C/c2cccs2)o1. The molecule has 2 rings (SSSR count). The molecule has 2 aromatic heterocycles. The van der Waals surface area contributed by atoms with E-state index < -0.39 is 0 Å². The molecule has 0 unspecified atom stereocenters. The van der Waals surface area contributed by atoms with E-state index in [0.29, 0.717) is 11.8 Å². The number of nitrogens with zero attached hydrogens (tertiary/aromatic N) is 2. The molecule has 3 nitrogen and oxygen atoms in total. The van der Waals surface area contributed by atoms with E-state index in [1.54, 1.807) is 18.3 Å². The first-order chi connectivity index (χ1) is 6.34. The van der Waals surface area contributed by atoms with Crippen LogP contribution < -0.4 is 0 Å². The van der Waals surface area contributed by atoms with Crippen LogP contribution in [0.25, 0.3) is 12.2 Å². The van der Waals surface area contributed by atoms with Crippen LogP contribution in [0.5, 0.6) is 0 Å². The summed E-state index contributed by atoms with van der Waals surface area (Å²) in [5, 5.41) is 9.59. The molecule has 0 bridgehead atoms. The summed E-state index contributed by atoms with van der Waals surface area (Å²) < 4.78 is 5.18. The molecule has 0 spiro atoms. The molecule has 0 aliphatic rings. The number of hydrogen-bond donors (Lipinski definition) is 0. The lowest BCUT2D eigenvalue weighted by atomic mass is 10.4. The molecule has 0 amide bonds. The molecular formula is C9H8N2OS. The largest absolute Gasteiger partial charge is 0.422 e. The Hall–Kier alpha value is -1.42. The van der Waals surface area contributed by atoms with Gasteiger partial charge in [0.05, 0.1) is 0 Å². The first-order valence-electron chi connectivity index (χ1n) is 3.86. The number of aryl methyl sites for hydroxylation is 1. The van der Waals surface area contributed by atoms with Crippen molar-refractivity contribution < 1.29 is 4.42 Å². The second-order valence-electron chi connectivity index (χ2n) is 2.51. The smallest absolute Gasteiger partial charge is 0.240 e. The predicted molar refractivity (Wildman–Crippen MR) is 52.3 cm³/mol. The lowest BCUT2D eigenvalue weighted by molar-refractivity contribution is 0.510. The summed E-state index contributed by atoms with van der Waals surface area (Å²) >= 11 is 1.67. The van der Waals surface area contributed by atoms with Crippen molar-refractivity contribution in [1.82, 2.24) is 10.2 Å². The van der Waals surface area contributed by atoms with Gasteiger partial charge in [0.15, 0.2) is 0 Å². The summed E-state index contributed by atoms with van der Waals surface area (Å²) in [4.78, 5) is 1.18. The van der Waals surface area contributed by atoms with Gasteiger partial charge in [-0.3, -0.25) is 0 Å². The second kappa shape index (κ2) is 3.53. The Kier molecular flexibility index (Phi) is 2.23. The fourth-order valence-corrected chi connectivity index (χ4v) is 1.54. The molecule has 0 aromatic carbocycles. The summed E-state index contributed by atoms with van der Waals surface area (Å²) in [5.41, 5.74) is 0. The van der Waals surface area contributed by atoms with Gasteiger partial charge in [-0.25, -0.2) is 0 Å². The molecule has 66 valence electrons. The Morgan fingerprint density at radius 1 is 1.38 bits per heavy atom. The Balaban J connectivity index is 2.14. The van der Waals surface area contributed by atoms with Crippen molar-refractivity contribution >= 4 is 23.5 Å². The molecule has 2 aromatic rings. The van der Waals surface area contributed by atoms with Gasteiger partial charge in [0.2, 0.25) is 11.8 Å². The van der Waals surface area contributed by atoms with Crippen molar-refractivity contribution in [3.8, 4) is 0 Å². The second-order valence-corrected chi connectivity index (χ2v) is 3.49. The molecule has 0 aliphatic carbocycles. The van der Waals surface area contributed by atoms with Crippen LogP contribution in [0.4, 0.5) is 0 Å². The van der Waals surface area contributed by atoms with Gasteiger partial charge in [0.1, 0.15) is 0 Å². The van der Waals surface area contributed by atoms with Crippen LogP contribution in [0.3, 0.4) is 0 Å². The van der Waals surface area contributed by atoms with Crippen LogP contribution in [-0.4, -0.2) is 10.2 Å². The van der Waals surface area contributed by atoms with E-state index in [2.05, 4.69) is 10.2 Å². The van der Waals surface area contributed by atoms with Gasteiger partial charge < -0.3 is 4.42 Å². The molecule has 0 fully saturated rings. The molecule has 4 heteroatoms. The molecule has 0 radical (unpaired) electrons. The van der Waals surface area contributed by atoms with Crippen LogP contribution in [0.1, 0.15) is 16.7 Å². The Labute approximate surface area is 79.7 Å². The van der Waals surface area contributed by atoms with E-state index in [4.69, 9.17) is 4.42 Å². The third-order valence-corrected chi connectivity index (χ3v) is 2.31. The first-order valence-corrected chi connectivity index (χ1v) is 4.74. The maximum Gasteiger partial charge on any atom is 0.240 e. The summed E-state index contributed by atoms with van der Waals surface area (Å²) in [5.74, 6) is 1.14. The average molecular weight is 192 g/mol. The zero-order chi connectivity index (χ0) is 9.10. The van der Waals surface area contributed by atoms with Gasteiger partial charge in [-0.1, -0.05) is 6.07 Å². The zero-order valence-corrected chi connectivity index (χ0v) is 7.91. The van der Waals surface area contributed by atoms with Crippen molar-refractivity contribution in [3.05, 3.63) is 34.2 Å². The molecule has 0 saturated carbocycles. The number of rotatable bonds is 2. The van der Waals surface area contributed by atoms with E-state index in [9.17, 15) is 0 Å². The van der Waals surface area contributed by atoms with E-state index in [0.717, 1.165) is 0 Å². The van der Waals surface area contributed by atoms with Crippen molar-refractivity contribution in [1.29, 1.82) is 0 Å². The predicted octanol–water partition coefficient (Wildman–Crippen LogP) is 2.61. The van der Waals surface area contributed by atoms with Crippen LogP contribution in [0.15, 0.2) is 21.9 Å². The molecule has 0 saturated heterocycles. The molecule has 0 aliphatic heterocycles. The fraction of sp³-hybridized carbons (Fsp3) is 0.111. The summed E-state index contributed by atoms with van der Waals surface area (Å²) in [6.07, 6.45) is 3.77. The quantitative estimate of drug-likeness (QED) is 0.734. The van der Waals surface area contributed by atoms with Gasteiger partial charge in [0, 0.05) is 17.9 Å². The van der Waals surface area contributed by atoms with Gasteiger partial charge in [-0.05, 0) is 17.5 Å². The highest BCUT2D eigenvalue weighted by Gasteiger charge is 1.95. The topological polar surface area (TPSA) is 38.9 Å². The lowest BCUT2D eigenvalue weighted by Crippen LogP contribution is -1.70. The van der Waals surface area contributed by atoms with Gasteiger partial charge >= 0.3 is 0 Å². The Morgan fingerprint density at radius 2 is 2.31 bits per heavy atom. The van der Waals surface area contributed by atoms with Crippen LogP contribution in [0.2, 0.25) is 0 Å². The van der Waals surface area contributed by atoms with Crippen molar-refractivity contribution in [3.63, 3.8) is 0 Å². The highest BCUT2D eigenvalue weighted by atomic mass is 32.1. The fourth-order valence-electron chi connectivity index (χ4n) is 0.919. The van der Waals surface area contributed by atoms with Crippen molar-refractivity contribution in [2.75, 3.05) is 0 Å². The van der Waals surface area contributed by atoms with Crippen molar-refractivity contribution in [2.24, 2.45) is 0 Å². The minimum Gasteiger partial charge on any atom is -0.422 e. The molecule has 13 heavy (non-hydrogen) atoms. The third-order valence-electron chi connectivity index (χ3n) is 1.48. The minimum atomic E-state index is 0.547. The average Bonchev–Trinajstić information content (AvgIpc) is 2.71. The number of hydrogen-bond acceptors (Lipinski definition) is 4. The van der Waals surface area contributed by atoms with E-state index in [-0.39, 0.29) is 0 Å². The monoisotopic (exact) mass is 192 g/mol. The van der Waals surface area contributed by atoms with Crippen LogP contribution in [0, 0.1) is 6.92 Å². The lowest BCUT2D eigenvalue weighted by Gasteiger charge is -1.80. The van der Waals surface area contributed by atoms with Gasteiger partial charge in [0.25, 0.3) is 0 Å². The Morgan fingerprint density at radius 3 is 2.92 bits per heavy atom. The van der Waals surface area contributed by atoms with Crippen LogP contribution in [-0.2, 0) is 0 Å². The third kappa shape index (κ3) is 2.03. The normalized spacial score (nSPS) is 11.2. The minimum absolute atomic E-state index is 0.547. The molecule has 0 N–H and O–H groups in total. The first kappa shape index (κ1) is 8.19. The summed E-state index contributed by atoms with van der Waals surface area (Å²) in [6, 6.07) is 4.04. The molecule has 0 atom stereocenters. The van der Waals surface area contributed by atoms with E-state index in [1.165, 1.54) is 4.88 Å². The van der Waals surface area contributed by atoms with Gasteiger partial charge in [-0.2, -0.15) is 0 Å². The highest BCUT2D eigenvalue weighted by molar-refractivity contribution is 7.10. The Bertz CT molecular complexity index is 403.